The number of hydrogen-bond donors (Lipinski definition) is 1. The highest BCUT2D eigenvalue weighted by atomic mass is 19.1. The van der Waals surface area contributed by atoms with Crippen molar-refractivity contribution in [2.24, 2.45) is 0 Å². The largest absolute Gasteiger partial charge is 0.346 e. The summed E-state index contributed by atoms with van der Waals surface area (Å²) in [5, 5.41) is 19.2. The first-order chi connectivity index (χ1) is 5.04. The third-order valence-corrected chi connectivity index (χ3v) is 1.42. The monoisotopic (exact) mass is 159 g/mol. The van der Waals surface area contributed by atoms with Crippen LogP contribution in [0.25, 0.3) is 0 Å². The molecule has 0 fully saturated rings. The Morgan fingerprint density at radius 2 is 2.45 bits per heavy atom. The van der Waals surface area contributed by atoms with E-state index >= 15 is 0 Å². The molecule has 0 saturated carbocycles. The molecule has 0 heterocycles. The molecule has 0 aromatic carbocycles. The molecule has 11 heavy (non-hydrogen) atoms. The van der Waals surface area contributed by atoms with Gasteiger partial charge in [-0.1, -0.05) is 0 Å². The van der Waals surface area contributed by atoms with Gasteiger partial charge in [0.1, 0.15) is 5.83 Å². The smallest absolute Gasteiger partial charge is 0.327 e. The Hall–Kier alpha value is -1.23. The molecule has 1 unspecified atom stereocenters. The van der Waals surface area contributed by atoms with Gasteiger partial charge in [-0.15, -0.1) is 0 Å². The zero-order valence-electron chi connectivity index (χ0n) is 5.53. The number of rotatable bonds is 1. The highest BCUT2D eigenvalue weighted by Crippen LogP contribution is 2.21. The second-order valence-electron chi connectivity index (χ2n) is 2.26. The first-order valence-corrected chi connectivity index (χ1v) is 2.96. The third-order valence-electron chi connectivity index (χ3n) is 1.42. The summed E-state index contributed by atoms with van der Waals surface area (Å²) in [6.07, 6.45) is 2.37. The predicted octanol–water partition coefficient (Wildman–Crippen LogP) is 0.765. The van der Waals surface area contributed by atoms with Gasteiger partial charge in [-0.2, -0.15) is 0 Å². The maximum Gasteiger partial charge on any atom is 0.346 e. The Balaban J connectivity index is 2.82. The van der Waals surface area contributed by atoms with Crippen molar-refractivity contribution in [2.75, 3.05) is 0 Å². The molecule has 0 amide bonds. The van der Waals surface area contributed by atoms with Crippen molar-refractivity contribution in [3.05, 3.63) is 34.2 Å². The summed E-state index contributed by atoms with van der Waals surface area (Å²) in [5.74, 6) is -0.559. The molecule has 0 aliphatic heterocycles. The summed E-state index contributed by atoms with van der Waals surface area (Å²) in [6, 6.07) is 0. The summed E-state index contributed by atoms with van der Waals surface area (Å²) in [6.45, 7) is 0. The maximum atomic E-state index is 12.2. The van der Waals surface area contributed by atoms with Gasteiger partial charge >= 0.3 is 5.72 Å². The molecule has 0 bridgehead atoms. The van der Waals surface area contributed by atoms with Gasteiger partial charge in [0.2, 0.25) is 0 Å². The number of allylic oxidation sites excluding steroid dienone is 2. The molecule has 1 N–H and O–H groups in total. The Labute approximate surface area is 61.8 Å². The molecule has 1 atom stereocenters. The topological polar surface area (TPSA) is 63.4 Å². The molecule has 0 aromatic heterocycles. The second-order valence-corrected chi connectivity index (χ2v) is 2.26. The van der Waals surface area contributed by atoms with Crippen LogP contribution in [-0.2, 0) is 0 Å². The zero-order chi connectivity index (χ0) is 8.48. The van der Waals surface area contributed by atoms with Gasteiger partial charge in [-0.05, 0) is 12.2 Å². The summed E-state index contributed by atoms with van der Waals surface area (Å²) >= 11 is 0. The summed E-state index contributed by atoms with van der Waals surface area (Å²) in [7, 11) is 0. The van der Waals surface area contributed by atoms with E-state index in [9.17, 15) is 14.5 Å². The van der Waals surface area contributed by atoms with E-state index in [1.165, 1.54) is 0 Å². The van der Waals surface area contributed by atoms with Crippen LogP contribution in [0.3, 0.4) is 0 Å². The Kier molecular flexibility index (Phi) is 1.74. The van der Waals surface area contributed by atoms with Crippen molar-refractivity contribution in [2.45, 2.75) is 12.1 Å². The Bertz CT molecular complexity index is 248. The molecule has 0 saturated heterocycles. The van der Waals surface area contributed by atoms with Gasteiger partial charge < -0.3 is 5.11 Å². The van der Waals surface area contributed by atoms with Crippen LogP contribution in [0.2, 0.25) is 0 Å². The molecule has 0 radical (unpaired) electrons. The van der Waals surface area contributed by atoms with Crippen LogP contribution in [-0.4, -0.2) is 15.8 Å². The van der Waals surface area contributed by atoms with E-state index in [0.29, 0.717) is 0 Å². The molecule has 0 spiro atoms. The lowest BCUT2D eigenvalue weighted by Gasteiger charge is -2.15. The third kappa shape index (κ3) is 1.43. The van der Waals surface area contributed by atoms with Crippen molar-refractivity contribution in [3.63, 3.8) is 0 Å². The van der Waals surface area contributed by atoms with Crippen molar-refractivity contribution in [1.29, 1.82) is 0 Å². The molecule has 5 heteroatoms. The predicted molar refractivity (Wildman–Crippen MR) is 34.9 cm³/mol. The van der Waals surface area contributed by atoms with Crippen molar-refractivity contribution in [1.82, 2.24) is 0 Å². The lowest BCUT2D eigenvalue weighted by molar-refractivity contribution is -0.607. The molecule has 1 rings (SSSR count). The standard InChI is InChI=1S/C6H6FNO3/c7-5-1-3-6(9,4-2-5)8(10)11/h1-3,9H,4H2. The fraction of sp³-hybridized carbons (Fsp3) is 0.333. The van der Waals surface area contributed by atoms with Crippen LogP contribution in [0, 0.1) is 10.1 Å². The fourth-order valence-corrected chi connectivity index (χ4v) is 0.732. The minimum atomic E-state index is -2.12. The highest BCUT2D eigenvalue weighted by Gasteiger charge is 2.37. The minimum absolute atomic E-state index is 0.317. The summed E-state index contributed by atoms with van der Waals surface area (Å²) in [4.78, 5) is 9.28. The van der Waals surface area contributed by atoms with Crippen molar-refractivity contribution < 1.29 is 14.4 Å². The van der Waals surface area contributed by atoms with Gasteiger partial charge in [-0.25, -0.2) is 4.39 Å². The molecule has 4 nitrogen and oxygen atoms in total. The number of nitrogens with zero attached hydrogens (tertiary/aromatic N) is 1. The van der Waals surface area contributed by atoms with Crippen LogP contribution in [0.4, 0.5) is 4.39 Å². The first-order valence-electron chi connectivity index (χ1n) is 2.96. The highest BCUT2D eigenvalue weighted by molar-refractivity contribution is 5.20. The lowest BCUT2D eigenvalue weighted by Crippen LogP contribution is -2.36. The summed E-state index contributed by atoms with van der Waals surface area (Å²) in [5.41, 5.74) is -2.12. The normalized spacial score (nSPS) is 29.8. The van der Waals surface area contributed by atoms with Gasteiger partial charge in [0.25, 0.3) is 0 Å². The van der Waals surface area contributed by atoms with E-state index in [1.807, 2.05) is 0 Å². The van der Waals surface area contributed by atoms with E-state index in [2.05, 4.69) is 0 Å². The molecular weight excluding hydrogens is 153 g/mol. The molecule has 60 valence electrons. The van der Waals surface area contributed by atoms with E-state index < -0.39 is 16.5 Å². The zero-order valence-corrected chi connectivity index (χ0v) is 5.53. The summed E-state index contributed by atoms with van der Waals surface area (Å²) < 4.78 is 12.2. The first kappa shape index (κ1) is 7.87. The number of hydrogen-bond acceptors (Lipinski definition) is 3. The number of aliphatic hydroxyl groups is 1. The maximum absolute atomic E-state index is 12.2. The SMILES string of the molecule is O=[N+]([O-])C1(O)C=CC(F)=CC1. The van der Waals surface area contributed by atoms with Crippen LogP contribution in [0.1, 0.15) is 6.42 Å². The molecule has 1 aliphatic carbocycles. The average Bonchev–Trinajstić information content (AvgIpc) is 1.95. The van der Waals surface area contributed by atoms with Gasteiger partial charge in [0.05, 0.1) is 11.3 Å². The fourth-order valence-electron chi connectivity index (χ4n) is 0.732. The number of halogens is 1. The van der Waals surface area contributed by atoms with E-state index in [-0.39, 0.29) is 6.42 Å². The van der Waals surface area contributed by atoms with E-state index in [0.717, 1.165) is 18.2 Å². The van der Waals surface area contributed by atoms with Crippen LogP contribution < -0.4 is 0 Å². The molecular formula is C6H6FNO3. The van der Waals surface area contributed by atoms with Crippen molar-refractivity contribution >= 4 is 0 Å². The Morgan fingerprint density at radius 1 is 1.82 bits per heavy atom. The van der Waals surface area contributed by atoms with Crippen molar-refractivity contribution in [3.8, 4) is 0 Å². The molecule has 1 aliphatic rings. The Morgan fingerprint density at radius 3 is 2.82 bits per heavy atom. The number of nitro groups is 1. The van der Waals surface area contributed by atoms with Gasteiger partial charge in [0.15, 0.2) is 0 Å². The van der Waals surface area contributed by atoms with E-state index in [1.54, 1.807) is 0 Å². The minimum Gasteiger partial charge on any atom is -0.327 e. The quantitative estimate of drug-likeness (QED) is 0.349. The second kappa shape index (κ2) is 2.43. The van der Waals surface area contributed by atoms with Crippen LogP contribution >= 0.6 is 0 Å². The van der Waals surface area contributed by atoms with Gasteiger partial charge in [-0.3, -0.25) is 10.1 Å². The molecule has 0 aromatic rings. The average molecular weight is 159 g/mol. The van der Waals surface area contributed by atoms with E-state index in [4.69, 9.17) is 5.11 Å². The van der Waals surface area contributed by atoms with Crippen LogP contribution in [0.15, 0.2) is 24.1 Å². The van der Waals surface area contributed by atoms with Crippen LogP contribution in [0.5, 0.6) is 0 Å². The van der Waals surface area contributed by atoms with Gasteiger partial charge in [0, 0.05) is 6.08 Å². The lowest BCUT2D eigenvalue weighted by atomic mass is 10.1.